The Hall–Kier alpha value is -1.74. The van der Waals surface area contributed by atoms with Crippen molar-refractivity contribution in [1.82, 2.24) is 15.3 Å². The largest absolute Gasteiger partial charge is 0.309 e. The van der Waals surface area contributed by atoms with Gasteiger partial charge in [-0.2, -0.15) is 0 Å². The lowest BCUT2D eigenvalue weighted by Crippen LogP contribution is -2.24. The van der Waals surface area contributed by atoms with E-state index in [1.54, 1.807) is 0 Å². The smallest absolute Gasteiger partial charge is 0.125 e. The first kappa shape index (κ1) is 13.3. The third-order valence-corrected chi connectivity index (χ3v) is 4.04. The molecular formula is C17H21N3. The highest BCUT2D eigenvalue weighted by Gasteiger charge is 2.44. The van der Waals surface area contributed by atoms with Crippen molar-refractivity contribution in [2.45, 2.75) is 32.2 Å². The van der Waals surface area contributed by atoms with Crippen LogP contribution in [0, 0.1) is 12.8 Å². The van der Waals surface area contributed by atoms with Crippen LogP contribution in [0.5, 0.6) is 0 Å². The fourth-order valence-electron chi connectivity index (χ4n) is 3.01. The molecule has 0 aliphatic heterocycles. The minimum atomic E-state index is 0.340. The number of hydrogen-bond donors (Lipinski definition) is 1. The lowest BCUT2D eigenvalue weighted by molar-refractivity contribution is 0.474. The fraction of sp³-hybridized carbons (Fsp3) is 0.412. The Morgan fingerprint density at radius 3 is 2.75 bits per heavy atom. The van der Waals surface area contributed by atoms with Gasteiger partial charge >= 0.3 is 0 Å². The first-order chi connectivity index (χ1) is 9.79. The van der Waals surface area contributed by atoms with Crippen molar-refractivity contribution in [2.24, 2.45) is 5.92 Å². The van der Waals surface area contributed by atoms with Crippen molar-refractivity contribution in [3.8, 4) is 0 Å². The average Bonchev–Trinajstić information content (AvgIpc) is 3.26. The number of aryl methyl sites for hydroxylation is 1. The Bertz CT molecular complexity index is 567. The van der Waals surface area contributed by atoms with Gasteiger partial charge in [-0.05, 0) is 43.4 Å². The molecule has 1 fully saturated rings. The summed E-state index contributed by atoms with van der Waals surface area (Å²) in [7, 11) is 0. The summed E-state index contributed by atoms with van der Waals surface area (Å²) in [5.74, 6) is 2.16. The van der Waals surface area contributed by atoms with Crippen LogP contribution in [0.2, 0.25) is 0 Å². The molecule has 0 saturated heterocycles. The van der Waals surface area contributed by atoms with Crippen molar-refractivity contribution < 1.29 is 0 Å². The maximum absolute atomic E-state index is 4.61. The second kappa shape index (κ2) is 5.71. The van der Waals surface area contributed by atoms with Crippen LogP contribution in [0.4, 0.5) is 0 Å². The van der Waals surface area contributed by atoms with E-state index in [1.807, 2.05) is 19.2 Å². The topological polar surface area (TPSA) is 37.8 Å². The Balaban J connectivity index is 1.80. The minimum absolute atomic E-state index is 0.340. The highest BCUT2D eigenvalue weighted by atomic mass is 15.0. The van der Waals surface area contributed by atoms with E-state index in [0.29, 0.717) is 17.9 Å². The fourth-order valence-corrected chi connectivity index (χ4v) is 3.01. The summed E-state index contributed by atoms with van der Waals surface area (Å²) >= 11 is 0. The molecule has 0 amide bonds. The molecule has 2 aromatic rings. The van der Waals surface area contributed by atoms with Crippen molar-refractivity contribution in [1.29, 1.82) is 0 Å². The zero-order chi connectivity index (χ0) is 13.9. The molecular weight excluding hydrogens is 246 g/mol. The highest BCUT2D eigenvalue weighted by Crippen LogP contribution is 2.53. The van der Waals surface area contributed by atoms with Gasteiger partial charge in [0.05, 0.1) is 11.7 Å². The van der Waals surface area contributed by atoms with Crippen LogP contribution in [-0.2, 0) is 0 Å². The van der Waals surface area contributed by atoms with E-state index in [0.717, 1.165) is 18.1 Å². The second-order valence-corrected chi connectivity index (χ2v) is 5.48. The number of benzene rings is 1. The predicted octanol–water partition coefficient (Wildman–Crippen LogP) is 3.24. The summed E-state index contributed by atoms with van der Waals surface area (Å²) in [4.78, 5) is 8.81. The van der Waals surface area contributed by atoms with Crippen molar-refractivity contribution in [3.05, 3.63) is 59.7 Å². The van der Waals surface area contributed by atoms with E-state index in [-0.39, 0.29) is 0 Å². The molecule has 3 rings (SSSR count). The van der Waals surface area contributed by atoms with E-state index in [1.165, 1.54) is 12.0 Å². The van der Waals surface area contributed by atoms with E-state index in [4.69, 9.17) is 0 Å². The number of nitrogens with one attached hydrogen (secondary N) is 1. The summed E-state index contributed by atoms with van der Waals surface area (Å²) in [5, 5.41) is 3.60. The molecule has 1 aliphatic rings. The number of aromatic nitrogens is 2. The molecule has 1 aromatic carbocycles. The van der Waals surface area contributed by atoms with E-state index >= 15 is 0 Å². The molecule has 1 aliphatic carbocycles. The van der Waals surface area contributed by atoms with Crippen LogP contribution in [0.15, 0.2) is 42.6 Å². The Kier molecular flexibility index (Phi) is 3.79. The second-order valence-electron chi connectivity index (χ2n) is 5.48. The van der Waals surface area contributed by atoms with E-state index in [9.17, 15) is 0 Å². The van der Waals surface area contributed by atoms with Crippen LogP contribution in [0.1, 0.15) is 42.4 Å². The standard InChI is InChI=1S/C17H21N3/c1-3-18-17(16-9-10-19-12(2)20-16)15-11-14(15)13-7-5-4-6-8-13/h4-10,14-15,17-18H,3,11H2,1-2H3. The lowest BCUT2D eigenvalue weighted by atomic mass is 10.0. The summed E-state index contributed by atoms with van der Waals surface area (Å²) in [5.41, 5.74) is 2.58. The van der Waals surface area contributed by atoms with Gasteiger partial charge in [-0.3, -0.25) is 0 Å². The Morgan fingerprint density at radius 2 is 2.05 bits per heavy atom. The molecule has 3 heteroatoms. The van der Waals surface area contributed by atoms with Crippen LogP contribution in [-0.4, -0.2) is 16.5 Å². The van der Waals surface area contributed by atoms with E-state index < -0.39 is 0 Å². The third kappa shape index (κ3) is 2.73. The number of nitrogens with zero attached hydrogens (tertiary/aromatic N) is 2. The van der Waals surface area contributed by atoms with Crippen LogP contribution in [0.3, 0.4) is 0 Å². The molecule has 0 radical (unpaired) electrons. The van der Waals surface area contributed by atoms with Gasteiger partial charge in [-0.25, -0.2) is 9.97 Å². The first-order valence-electron chi connectivity index (χ1n) is 7.37. The molecule has 1 heterocycles. The van der Waals surface area contributed by atoms with Gasteiger partial charge in [-0.1, -0.05) is 37.3 Å². The molecule has 3 nitrogen and oxygen atoms in total. The quantitative estimate of drug-likeness (QED) is 0.903. The molecule has 1 aromatic heterocycles. The Morgan fingerprint density at radius 1 is 1.25 bits per heavy atom. The zero-order valence-electron chi connectivity index (χ0n) is 12.1. The highest BCUT2D eigenvalue weighted by molar-refractivity contribution is 5.28. The lowest BCUT2D eigenvalue weighted by Gasteiger charge is -2.18. The molecule has 1 N–H and O–H groups in total. The third-order valence-electron chi connectivity index (χ3n) is 4.04. The van der Waals surface area contributed by atoms with Crippen LogP contribution >= 0.6 is 0 Å². The summed E-state index contributed by atoms with van der Waals surface area (Å²) < 4.78 is 0. The number of hydrogen-bond acceptors (Lipinski definition) is 3. The molecule has 0 spiro atoms. The van der Waals surface area contributed by atoms with Crippen molar-refractivity contribution >= 4 is 0 Å². The van der Waals surface area contributed by atoms with Gasteiger partial charge in [0.25, 0.3) is 0 Å². The van der Waals surface area contributed by atoms with E-state index in [2.05, 4.69) is 52.5 Å². The maximum atomic E-state index is 4.61. The van der Waals surface area contributed by atoms with Crippen LogP contribution < -0.4 is 5.32 Å². The van der Waals surface area contributed by atoms with Gasteiger partial charge in [0.15, 0.2) is 0 Å². The molecule has 1 saturated carbocycles. The van der Waals surface area contributed by atoms with Gasteiger partial charge in [0.2, 0.25) is 0 Å². The van der Waals surface area contributed by atoms with Gasteiger partial charge < -0.3 is 5.32 Å². The zero-order valence-corrected chi connectivity index (χ0v) is 12.1. The predicted molar refractivity (Wildman–Crippen MR) is 80.5 cm³/mol. The molecule has 20 heavy (non-hydrogen) atoms. The summed E-state index contributed by atoms with van der Waals surface area (Å²) in [6.07, 6.45) is 3.10. The Labute approximate surface area is 120 Å². The van der Waals surface area contributed by atoms with Crippen LogP contribution in [0.25, 0.3) is 0 Å². The molecule has 0 bridgehead atoms. The average molecular weight is 267 g/mol. The number of rotatable bonds is 5. The van der Waals surface area contributed by atoms with Gasteiger partial charge in [0, 0.05) is 6.20 Å². The van der Waals surface area contributed by atoms with Crippen molar-refractivity contribution in [3.63, 3.8) is 0 Å². The SMILES string of the molecule is CCNC(c1ccnc(C)n1)C1CC1c1ccccc1. The summed E-state index contributed by atoms with van der Waals surface area (Å²) in [6.45, 7) is 5.07. The molecule has 3 unspecified atom stereocenters. The van der Waals surface area contributed by atoms with Gasteiger partial charge in [0.1, 0.15) is 5.82 Å². The molecule has 104 valence electrons. The maximum Gasteiger partial charge on any atom is 0.125 e. The normalized spacial score (nSPS) is 22.5. The summed E-state index contributed by atoms with van der Waals surface area (Å²) in [6, 6.07) is 13.2. The van der Waals surface area contributed by atoms with Crippen molar-refractivity contribution in [2.75, 3.05) is 6.54 Å². The minimum Gasteiger partial charge on any atom is -0.309 e. The monoisotopic (exact) mass is 267 g/mol. The first-order valence-corrected chi connectivity index (χ1v) is 7.37. The van der Waals surface area contributed by atoms with Gasteiger partial charge in [-0.15, -0.1) is 0 Å². The molecule has 3 atom stereocenters.